The van der Waals surface area contributed by atoms with Gasteiger partial charge in [-0.05, 0) is 12.1 Å². The van der Waals surface area contributed by atoms with Crippen molar-refractivity contribution in [1.29, 1.82) is 0 Å². The molecule has 5 heteroatoms. The van der Waals surface area contributed by atoms with Gasteiger partial charge in [-0.15, -0.1) is 0 Å². The van der Waals surface area contributed by atoms with Crippen LogP contribution in [0.5, 0.6) is 0 Å². The number of nitrogens with one attached hydrogen (secondary N) is 1. The van der Waals surface area contributed by atoms with E-state index in [1.54, 1.807) is 22.9 Å². The highest BCUT2D eigenvalue weighted by atomic mass is 19.1. The highest BCUT2D eigenvalue weighted by molar-refractivity contribution is 5.40. The zero-order valence-electron chi connectivity index (χ0n) is 9.28. The number of aromatic nitrogens is 2. The van der Waals surface area contributed by atoms with Crippen LogP contribution < -0.4 is 11.1 Å². The maximum Gasteiger partial charge on any atom is 0.148 e. The van der Waals surface area contributed by atoms with E-state index in [9.17, 15) is 4.39 Å². The molecule has 0 fully saturated rings. The molecule has 4 nitrogen and oxygen atoms in total. The standard InChI is InChI=1S/C12H13FN4/c13-9-3-1-2-4-11(9)17-12-7-15-6-8(12)10(5-14)16-17/h1-4,15H,5-7,14H2. The first-order valence-corrected chi connectivity index (χ1v) is 5.56. The van der Waals surface area contributed by atoms with Crippen LogP contribution in [0.2, 0.25) is 0 Å². The molecule has 0 saturated carbocycles. The van der Waals surface area contributed by atoms with Gasteiger partial charge in [0.25, 0.3) is 0 Å². The second-order valence-corrected chi connectivity index (χ2v) is 4.04. The Hall–Kier alpha value is -1.72. The molecule has 0 saturated heterocycles. The zero-order valence-corrected chi connectivity index (χ0v) is 9.28. The maximum atomic E-state index is 13.7. The first kappa shape index (κ1) is 10.4. The third kappa shape index (κ3) is 1.55. The number of halogens is 1. The van der Waals surface area contributed by atoms with Crippen molar-refractivity contribution in [1.82, 2.24) is 15.1 Å². The molecule has 1 aromatic carbocycles. The van der Waals surface area contributed by atoms with E-state index in [2.05, 4.69) is 10.4 Å². The summed E-state index contributed by atoms with van der Waals surface area (Å²) in [6.07, 6.45) is 0. The van der Waals surface area contributed by atoms with Crippen LogP contribution in [0.4, 0.5) is 4.39 Å². The Kier molecular flexibility index (Phi) is 2.42. The molecular formula is C12H13FN4. The van der Waals surface area contributed by atoms with Crippen molar-refractivity contribution in [3.8, 4) is 5.69 Å². The van der Waals surface area contributed by atoms with Crippen molar-refractivity contribution < 1.29 is 4.39 Å². The van der Waals surface area contributed by atoms with Gasteiger partial charge in [-0.3, -0.25) is 0 Å². The molecule has 2 heterocycles. The average molecular weight is 232 g/mol. The molecule has 0 aliphatic carbocycles. The molecule has 3 N–H and O–H groups in total. The fraction of sp³-hybridized carbons (Fsp3) is 0.250. The summed E-state index contributed by atoms with van der Waals surface area (Å²) in [5.74, 6) is -0.270. The summed E-state index contributed by atoms with van der Waals surface area (Å²) in [5.41, 5.74) is 9.09. The SMILES string of the molecule is NCc1nn(-c2ccccc2F)c2c1CNC2. The van der Waals surface area contributed by atoms with E-state index >= 15 is 0 Å². The van der Waals surface area contributed by atoms with Crippen LogP contribution in [0.1, 0.15) is 17.0 Å². The molecule has 17 heavy (non-hydrogen) atoms. The lowest BCUT2D eigenvalue weighted by Crippen LogP contribution is -2.10. The summed E-state index contributed by atoms with van der Waals surface area (Å²) in [6.45, 7) is 1.85. The van der Waals surface area contributed by atoms with Crippen LogP contribution in [-0.4, -0.2) is 9.78 Å². The number of fused-ring (bicyclic) bond motifs is 1. The lowest BCUT2D eigenvalue weighted by molar-refractivity contribution is 0.601. The molecule has 3 rings (SSSR count). The second-order valence-electron chi connectivity index (χ2n) is 4.04. The minimum Gasteiger partial charge on any atom is -0.325 e. The van der Waals surface area contributed by atoms with Crippen molar-refractivity contribution in [2.24, 2.45) is 5.73 Å². The number of hydrogen-bond donors (Lipinski definition) is 2. The predicted molar refractivity (Wildman–Crippen MR) is 62.0 cm³/mol. The summed E-state index contributed by atoms with van der Waals surface area (Å²) in [6, 6.07) is 6.64. The van der Waals surface area contributed by atoms with Gasteiger partial charge in [-0.25, -0.2) is 9.07 Å². The Labute approximate surface area is 98.2 Å². The summed E-state index contributed by atoms with van der Waals surface area (Å²) in [7, 11) is 0. The number of nitrogens with two attached hydrogens (primary N) is 1. The predicted octanol–water partition coefficient (Wildman–Crippen LogP) is 1.07. The van der Waals surface area contributed by atoms with E-state index in [1.165, 1.54) is 6.07 Å². The summed E-state index contributed by atoms with van der Waals surface area (Å²) >= 11 is 0. The van der Waals surface area contributed by atoms with Gasteiger partial charge in [0.2, 0.25) is 0 Å². The van der Waals surface area contributed by atoms with Crippen LogP contribution in [0.15, 0.2) is 24.3 Å². The summed E-state index contributed by atoms with van der Waals surface area (Å²) < 4.78 is 15.4. The highest BCUT2D eigenvalue weighted by Crippen LogP contribution is 2.24. The van der Waals surface area contributed by atoms with Crippen LogP contribution >= 0.6 is 0 Å². The average Bonchev–Trinajstić information content (AvgIpc) is 2.91. The number of rotatable bonds is 2. The second kappa shape index (κ2) is 3.94. The van der Waals surface area contributed by atoms with E-state index in [-0.39, 0.29) is 5.82 Å². The monoisotopic (exact) mass is 232 g/mol. The minimum atomic E-state index is -0.270. The van der Waals surface area contributed by atoms with Gasteiger partial charge in [0.1, 0.15) is 11.5 Å². The van der Waals surface area contributed by atoms with Crippen molar-refractivity contribution >= 4 is 0 Å². The van der Waals surface area contributed by atoms with Gasteiger partial charge in [-0.1, -0.05) is 12.1 Å². The van der Waals surface area contributed by atoms with E-state index in [1.807, 2.05) is 0 Å². The Morgan fingerprint density at radius 1 is 1.35 bits per heavy atom. The molecule has 1 aromatic heterocycles. The topological polar surface area (TPSA) is 55.9 Å². The number of hydrogen-bond acceptors (Lipinski definition) is 3. The lowest BCUT2D eigenvalue weighted by atomic mass is 10.2. The van der Waals surface area contributed by atoms with Gasteiger partial charge >= 0.3 is 0 Å². The molecule has 1 aliphatic rings. The van der Waals surface area contributed by atoms with Gasteiger partial charge in [0.15, 0.2) is 0 Å². The normalized spacial score (nSPS) is 14.0. The Morgan fingerprint density at radius 3 is 2.94 bits per heavy atom. The quantitative estimate of drug-likeness (QED) is 0.814. The first-order chi connectivity index (χ1) is 8.31. The lowest BCUT2D eigenvalue weighted by Gasteiger charge is -2.06. The third-order valence-electron chi connectivity index (χ3n) is 3.04. The van der Waals surface area contributed by atoms with Crippen molar-refractivity contribution in [3.63, 3.8) is 0 Å². The van der Waals surface area contributed by atoms with Crippen molar-refractivity contribution in [2.45, 2.75) is 19.6 Å². The molecule has 0 bridgehead atoms. The van der Waals surface area contributed by atoms with Gasteiger partial charge in [0.05, 0.1) is 11.4 Å². The third-order valence-corrected chi connectivity index (χ3v) is 3.04. The molecule has 0 amide bonds. The zero-order chi connectivity index (χ0) is 11.8. The van der Waals surface area contributed by atoms with E-state index in [0.29, 0.717) is 18.8 Å². The molecule has 0 unspecified atom stereocenters. The fourth-order valence-corrected chi connectivity index (χ4v) is 2.21. The number of nitrogens with zero attached hydrogens (tertiary/aromatic N) is 2. The molecular weight excluding hydrogens is 219 g/mol. The Balaban J connectivity index is 2.19. The maximum absolute atomic E-state index is 13.7. The van der Waals surface area contributed by atoms with Gasteiger partial charge < -0.3 is 11.1 Å². The van der Waals surface area contributed by atoms with Crippen molar-refractivity contribution in [2.75, 3.05) is 0 Å². The highest BCUT2D eigenvalue weighted by Gasteiger charge is 2.22. The minimum absolute atomic E-state index is 0.270. The molecule has 0 atom stereocenters. The Bertz CT molecular complexity index is 562. The molecule has 88 valence electrons. The first-order valence-electron chi connectivity index (χ1n) is 5.56. The van der Waals surface area contributed by atoms with Gasteiger partial charge in [0, 0.05) is 25.2 Å². The van der Waals surface area contributed by atoms with E-state index in [0.717, 1.165) is 23.5 Å². The fourth-order valence-electron chi connectivity index (χ4n) is 2.21. The summed E-state index contributed by atoms with van der Waals surface area (Å²) in [5, 5.41) is 7.63. The smallest absolute Gasteiger partial charge is 0.148 e. The number of benzene rings is 1. The molecule has 0 radical (unpaired) electrons. The van der Waals surface area contributed by atoms with Crippen LogP contribution in [0.25, 0.3) is 5.69 Å². The molecule has 2 aromatic rings. The van der Waals surface area contributed by atoms with E-state index < -0.39 is 0 Å². The van der Waals surface area contributed by atoms with Crippen LogP contribution in [-0.2, 0) is 19.6 Å². The number of para-hydroxylation sites is 1. The van der Waals surface area contributed by atoms with Crippen molar-refractivity contribution in [3.05, 3.63) is 47.0 Å². The van der Waals surface area contributed by atoms with Crippen LogP contribution in [0.3, 0.4) is 0 Å². The van der Waals surface area contributed by atoms with Gasteiger partial charge in [-0.2, -0.15) is 5.10 Å². The van der Waals surface area contributed by atoms with E-state index in [4.69, 9.17) is 5.73 Å². The molecule has 1 aliphatic heterocycles. The Morgan fingerprint density at radius 2 is 2.18 bits per heavy atom. The largest absolute Gasteiger partial charge is 0.325 e. The molecule has 0 spiro atoms. The van der Waals surface area contributed by atoms with Crippen LogP contribution in [0, 0.1) is 5.82 Å². The summed E-state index contributed by atoms with van der Waals surface area (Å²) in [4.78, 5) is 0.